The number of fused-ring (bicyclic) bond motifs is 1. The minimum Gasteiger partial charge on any atom is -0.379 e. The lowest BCUT2D eigenvalue weighted by molar-refractivity contribution is -0.125. The molecule has 0 aromatic carbocycles. The maximum absolute atomic E-state index is 13.1. The zero-order valence-electron chi connectivity index (χ0n) is 20.0. The fourth-order valence-electron chi connectivity index (χ4n) is 4.41. The Morgan fingerprint density at radius 3 is 2.50 bits per heavy atom. The van der Waals surface area contributed by atoms with E-state index in [1.54, 1.807) is 16.6 Å². The van der Waals surface area contributed by atoms with Crippen molar-refractivity contribution in [3.05, 3.63) is 41.4 Å². The third-order valence-electron chi connectivity index (χ3n) is 6.34. The molecular formula is C24H29ClN8O3. The van der Waals surface area contributed by atoms with E-state index in [1.807, 2.05) is 6.07 Å². The Bertz CT molecular complexity index is 1250. The van der Waals surface area contributed by atoms with E-state index < -0.39 is 0 Å². The molecule has 2 amide bonds. The number of methoxy groups -OCH3 is 1. The number of carbonyl (C=O) groups is 2. The first kappa shape index (κ1) is 24.3. The molecule has 0 spiro atoms. The van der Waals surface area contributed by atoms with Crippen molar-refractivity contribution in [2.75, 3.05) is 29.7 Å². The van der Waals surface area contributed by atoms with Crippen LogP contribution in [-0.2, 0) is 9.53 Å². The van der Waals surface area contributed by atoms with Crippen LogP contribution < -0.4 is 21.3 Å². The van der Waals surface area contributed by atoms with Crippen molar-refractivity contribution in [2.24, 2.45) is 0 Å². The van der Waals surface area contributed by atoms with Crippen molar-refractivity contribution in [3.63, 3.8) is 0 Å². The average Bonchev–Trinajstić information content (AvgIpc) is 3.55. The molecule has 2 fully saturated rings. The van der Waals surface area contributed by atoms with Crippen molar-refractivity contribution in [1.82, 2.24) is 24.9 Å². The van der Waals surface area contributed by atoms with Crippen molar-refractivity contribution in [2.45, 2.75) is 56.7 Å². The minimum atomic E-state index is -0.348. The van der Waals surface area contributed by atoms with E-state index in [-0.39, 0.29) is 30.5 Å². The highest BCUT2D eigenvalue weighted by Gasteiger charge is 2.26. The van der Waals surface area contributed by atoms with Crippen molar-refractivity contribution >= 4 is 46.3 Å². The van der Waals surface area contributed by atoms with Gasteiger partial charge < -0.3 is 26.0 Å². The smallest absolute Gasteiger partial charge is 0.276 e. The number of imidazole rings is 1. The third kappa shape index (κ3) is 5.85. The van der Waals surface area contributed by atoms with Crippen molar-refractivity contribution in [3.8, 4) is 0 Å². The number of ether oxygens (including phenoxy) is 1. The number of anilines is 3. The van der Waals surface area contributed by atoms with Gasteiger partial charge in [-0.05, 0) is 50.7 Å². The number of carbonyl (C=O) groups excluding carboxylic acids is 2. The van der Waals surface area contributed by atoms with E-state index >= 15 is 0 Å². The summed E-state index contributed by atoms with van der Waals surface area (Å²) in [4.78, 5) is 33.3. The second-order valence-electron chi connectivity index (χ2n) is 9.26. The molecule has 2 aliphatic carbocycles. The van der Waals surface area contributed by atoms with Gasteiger partial charge in [-0.3, -0.25) is 9.59 Å². The van der Waals surface area contributed by atoms with Gasteiger partial charge in [-0.25, -0.2) is 14.5 Å². The molecule has 0 radical (unpaired) electrons. The van der Waals surface area contributed by atoms with Crippen LogP contribution in [0.3, 0.4) is 0 Å². The highest BCUT2D eigenvalue weighted by Crippen LogP contribution is 2.30. The minimum absolute atomic E-state index is 0.0773. The summed E-state index contributed by atoms with van der Waals surface area (Å²) in [7, 11) is 1.51. The number of hydrogen-bond donors (Lipinski definition) is 4. The topological polar surface area (TPSA) is 135 Å². The Morgan fingerprint density at radius 2 is 1.78 bits per heavy atom. The van der Waals surface area contributed by atoms with Crippen LogP contribution in [0, 0.1) is 0 Å². The lowest BCUT2D eigenvalue weighted by Gasteiger charge is -2.30. The largest absolute Gasteiger partial charge is 0.379 e. The zero-order chi connectivity index (χ0) is 25.1. The normalized spacial score (nSPS) is 19.6. The van der Waals surface area contributed by atoms with Crippen LogP contribution in [0.5, 0.6) is 0 Å². The van der Waals surface area contributed by atoms with Gasteiger partial charge in [-0.2, -0.15) is 0 Å². The van der Waals surface area contributed by atoms with E-state index in [1.165, 1.54) is 19.5 Å². The number of hydrogen-bond acceptors (Lipinski definition) is 8. The summed E-state index contributed by atoms with van der Waals surface area (Å²) in [5.74, 6) is 0.229. The van der Waals surface area contributed by atoms with Crippen LogP contribution in [0.4, 0.5) is 17.2 Å². The molecule has 36 heavy (non-hydrogen) atoms. The molecular weight excluding hydrogens is 484 g/mol. The predicted octanol–water partition coefficient (Wildman–Crippen LogP) is 3.09. The summed E-state index contributed by atoms with van der Waals surface area (Å²) < 4.78 is 6.47. The van der Waals surface area contributed by atoms with E-state index in [9.17, 15) is 9.59 Å². The van der Waals surface area contributed by atoms with E-state index in [2.05, 4.69) is 31.2 Å². The molecule has 3 heterocycles. The second kappa shape index (κ2) is 10.7. The van der Waals surface area contributed by atoms with E-state index in [0.29, 0.717) is 34.0 Å². The SMILES string of the molecule is COCC(=O)N[C@H]1CC[C@H](Nc2cc(NC3CC3)c3ncc(C(=O)Nc4ccnc(Cl)c4)n3n2)CC1. The van der Waals surface area contributed by atoms with Crippen LogP contribution >= 0.6 is 11.6 Å². The molecule has 0 bridgehead atoms. The number of nitrogens with zero attached hydrogens (tertiary/aromatic N) is 4. The highest BCUT2D eigenvalue weighted by atomic mass is 35.5. The Balaban J connectivity index is 1.33. The fraction of sp³-hybridized carbons (Fsp3) is 0.458. The fourth-order valence-corrected chi connectivity index (χ4v) is 4.59. The molecule has 0 unspecified atom stereocenters. The molecule has 2 saturated carbocycles. The second-order valence-corrected chi connectivity index (χ2v) is 9.64. The van der Waals surface area contributed by atoms with Gasteiger partial charge in [0.15, 0.2) is 11.3 Å². The van der Waals surface area contributed by atoms with Gasteiger partial charge in [0, 0.05) is 43.2 Å². The van der Waals surface area contributed by atoms with E-state index in [4.69, 9.17) is 21.4 Å². The van der Waals surface area contributed by atoms with Gasteiger partial charge in [0.25, 0.3) is 5.91 Å². The van der Waals surface area contributed by atoms with Crippen LogP contribution in [0.25, 0.3) is 5.65 Å². The van der Waals surface area contributed by atoms with Crippen LogP contribution in [0.2, 0.25) is 5.15 Å². The number of rotatable bonds is 9. The van der Waals surface area contributed by atoms with Crippen LogP contribution in [0.15, 0.2) is 30.6 Å². The maximum atomic E-state index is 13.1. The third-order valence-corrected chi connectivity index (χ3v) is 6.55. The molecule has 3 aromatic rings. The molecule has 2 aliphatic rings. The predicted molar refractivity (Wildman–Crippen MR) is 137 cm³/mol. The van der Waals surface area contributed by atoms with Gasteiger partial charge in [-0.15, -0.1) is 5.10 Å². The molecule has 4 N–H and O–H groups in total. The number of halogens is 1. The molecule has 0 saturated heterocycles. The highest BCUT2D eigenvalue weighted by molar-refractivity contribution is 6.29. The summed E-state index contributed by atoms with van der Waals surface area (Å²) in [6.45, 7) is 0.0773. The molecule has 0 aliphatic heterocycles. The summed E-state index contributed by atoms with van der Waals surface area (Å²) in [6.07, 6.45) is 8.79. The quantitative estimate of drug-likeness (QED) is 0.321. The first-order chi connectivity index (χ1) is 17.5. The van der Waals surface area contributed by atoms with Gasteiger partial charge >= 0.3 is 0 Å². The number of nitrogens with one attached hydrogen (secondary N) is 4. The van der Waals surface area contributed by atoms with Crippen molar-refractivity contribution < 1.29 is 14.3 Å². The van der Waals surface area contributed by atoms with Crippen LogP contribution in [0.1, 0.15) is 49.0 Å². The van der Waals surface area contributed by atoms with Gasteiger partial charge in [0.2, 0.25) is 5.91 Å². The molecule has 11 nitrogen and oxygen atoms in total. The number of aromatic nitrogens is 4. The average molecular weight is 513 g/mol. The molecule has 5 rings (SSSR count). The Morgan fingerprint density at radius 1 is 1.06 bits per heavy atom. The first-order valence-electron chi connectivity index (χ1n) is 12.1. The number of amides is 2. The molecule has 0 atom stereocenters. The lowest BCUT2D eigenvalue weighted by atomic mass is 9.91. The molecule has 190 valence electrons. The van der Waals surface area contributed by atoms with Crippen molar-refractivity contribution in [1.29, 1.82) is 0 Å². The lowest BCUT2D eigenvalue weighted by Crippen LogP contribution is -2.41. The maximum Gasteiger partial charge on any atom is 0.276 e. The Hall–Kier alpha value is -3.44. The monoisotopic (exact) mass is 512 g/mol. The first-order valence-corrected chi connectivity index (χ1v) is 12.5. The molecule has 3 aromatic heterocycles. The zero-order valence-corrected chi connectivity index (χ0v) is 20.7. The number of pyridine rings is 1. The standard InChI is InChI=1S/C24H29ClN8O3/c1-36-13-22(34)30-16-6-4-15(5-7-16)29-21-11-18(28-14-2-3-14)23-27-12-19(33(23)32-21)24(35)31-17-8-9-26-20(25)10-17/h8-12,14-16,28H,2-7,13H2,1H3,(H,29,32)(H,30,34)(H,26,31,35)/t15-,16-. The Kier molecular flexibility index (Phi) is 7.19. The van der Waals surface area contributed by atoms with Crippen LogP contribution in [-0.4, -0.2) is 63.2 Å². The van der Waals surface area contributed by atoms with E-state index in [0.717, 1.165) is 44.2 Å². The van der Waals surface area contributed by atoms with Gasteiger partial charge in [0.1, 0.15) is 17.6 Å². The summed E-state index contributed by atoms with van der Waals surface area (Å²) in [5.41, 5.74) is 2.27. The summed E-state index contributed by atoms with van der Waals surface area (Å²) in [6, 6.07) is 5.97. The van der Waals surface area contributed by atoms with Gasteiger partial charge in [-0.1, -0.05) is 11.6 Å². The van der Waals surface area contributed by atoms with Gasteiger partial charge in [0.05, 0.1) is 11.9 Å². The molecule has 12 heteroatoms. The summed E-state index contributed by atoms with van der Waals surface area (Å²) >= 11 is 5.95. The summed E-state index contributed by atoms with van der Waals surface area (Å²) in [5, 5.41) is 17.9. The Labute approximate surface area is 213 Å².